The number of halogens is 2. The number of nitrogens with zero attached hydrogens (tertiary/aromatic N) is 2. The molecule has 2 amide bonds. The van der Waals surface area contributed by atoms with Crippen LogP contribution in [-0.4, -0.2) is 28.3 Å². The zero-order chi connectivity index (χ0) is 23.1. The first-order chi connectivity index (χ1) is 15.9. The van der Waals surface area contributed by atoms with E-state index < -0.39 is 17.4 Å². The van der Waals surface area contributed by atoms with Gasteiger partial charge in [0.1, 0.15) is 5.82 Å². The molecule has 8 nitrogen and oxygen atoms in total. The summed E-state index contributed by atoms with van der Waals surface area (Å²) in [5.41, 5.74) is 2.51. The predicted octanol–water partition coefficient (Wildman–Crippen LogP) is 3.70. The molecule has 33 heavy (non-hydrogen) atoms. The van der Waals surface area contributed by atoms with Gasteiger partial charge in [0.15, 0.2) is 0 Å². The maximum absolute atomic E-state index is 13.1. The first kappa shape index (κ1) is 21.5. The van der Waals surface area contributed by atoms with Crippen LogP contribution in [0.25, 0.3) is 0 Å². The summed E-state index contributed by atoms with van der Waals surface area (Å²) in [5.74, 6) is -1.41. The van der Waals surface area contributed by atoms with Crippen molar-refractivity contribution in [1.82, 2.24) is 9.97 Å². The Morgan fingerprint density at radius 1 is 1.09 bits per heavy atom. The highest BCUT2D eigenvalue weighted by atomic mass is 35.5. The molecule has 168 valence electrons. The first-order valence-electron chi connectivity index (χ1n) is 10.4. The second-order valence-corrected chi connectivity index (χ2v) is 8.83. The number of fused-ring (bicyclic) bond motifs is 2. The third kappa shape index (κ3) is 4.19. The lowest BCUT2D eigenvalue weighted by atomic mass is 9.92. The number of anilines is 3. The van der Waals surface area contributed by atoms with Gasteiger partial charge in [-0.05, 0) is 35.7 Å². The van der Waals surface area contributed by atoms with E-state index in [1.54, 1.807) is 12.1 Å². The summed E-state index contributed by atoms with van der Waals surface area (Å²) >= 11 is 11.9. The highest BCUT2D eigenvalue weighted by Gasteiger charge is 2.35. The summed E-state index contributed by atoms with van der Waals surface area (Å²) in [6, 6.07) is 12.8. The van der Waals surface area contributed by atoms with Gasteiger partial charge < -0.3 is 15.5 Å². The summed E-state index contributed by atoms with van der Waals surface area (Å²) < 4.78 is 0. The van der Waals surface area contributed by atoms with Crippen LogP contribution in [0.2, 0.25) is 10.0 Å². The summed E-state index contributed by atoms with van der Waals surface area (Å²) in [6.45, 7) is 1.26. The Kier molecular flexibility index (Phi) is 5.55. The zero-order valence-electron chi connectivity index (χ0n) is 17.3. The van der Waals surface area contributed by atoms with Crippen LogP contribution in [0.3, 0.4) is 0 Å². The van der Waals surface area contributed by atoms with Crippen molar-refractivity contribution in [2.45, 2.75) is 25.3 Å². The van der Waals surface area contributed by atoms with Crippen LogP contribution in [0.5, 0.6) is 0 Å². The van der Waals surface area contributed by atoms with Crippen molar-refractivity contribution in [3.63, 3.8) is 0 Å². The molecule has 0 radical (unpaired) electrons. The fraction of sp³-hybridized carbons (Fsp3) is 0.217. The maximum Gasteiger partial charge on any atom is 0.258 e. The summed E-state index contributed by atoms with van der Waals surface area (Å²) in [7, 11) is 0. The standard InChI is InChI=1S/C23H19Cl2N5O3/c24-16-6-5-14(9-17(16)25)26-21(32)15-10-18(31)27-20-19(15)22(33)29-23(28-20)30-8-7-12-3-1-2-4-13(12)11-30/h1-6,9,15H,7-8,10-11H2,(H,26,32)(H2,27,28,29,31,33)/t15-/m1/s1. The molecule has 2 aliphatic rings. The molecule has 0 saturated carbocycles. The number of amides is 2. The number of carbonyl (C=O) groups excluding carboxylic acids is 2. The van der Waals surface area contributed by atoms with Gasteiger partial charge in [0.2, 0.25) is 17.8 Å². The molecule has 3 N–H and O–H groups in total. The Morgan fingerprint density at radius 3 is 2.67 bits per heavy atom. The number of benzene rings is 2. The Labute approximate surface area is 198 Å². The van der Waals surface area contributed by atoms with Crippen molar-refractivity contribution in [3.05, 3.63) is 79.6 Å². The third-order valence-electron chi connectivity index (χ3n) is 5.87. The maximum atomic E-state index is 13.1. The topological polar surface area (TPSA) is 107 Å². The van der Waals surface area contributed by atoms with Crippen molar-refractivity contribution < 1.29 is 9.59 Å². The Hall–Kier alpha value is -3.36. The quantitative estimate of drug-likeness (QED) is 0.526. The zero-order valence-corrected chi connectivity index (χ0v) is 18.8. The van der Waals surface area contributed by atoms with Crippen molar-refractivity contribution >= 4 is 52.5 Å². The molecule has 0 spiro atoms. The van der Waals surface area contributed by atoms with Gasteiger partial charge in [0.25, 0.3) is 5.56 Å². The molecule has 1 aromatic heterocycles. The van der Waals surface area contributed by atoms with E-state index in [2.05, 4.69) is 26.7 Å². The highest BCUT2D eigenvalue weighted by Crippen LogP contribution is 2.32. The number of rotatable bonds is 3. The number of aromatic amines is 1. The Bertz CT molecular complexity index is 1340. The van der Waals surface area contributed by atoms with Crippen molar-refractivity contribution in [2.75, 3.05) is 22.1 Å². The molecule has 2 aliphatic heterocycles. The molecule has 10 heteroatoms. The third-order valence-corrected chi connectivity index (χ3v) is 6.61. The average Bonchev–Trinajstić information content (AvgIpc) is 2.80. The summed E-state index contributed by atoms with van der Waals surface area (Å²) in [4.78, 5) is 47.7. The molecule has 0 bridgehead atoms. The van der Waals surface area contributed by atoms with Crippen LogP contribution in [0.15, 0.2) is 47.3 Å². The molecule has 0 fully saturated rings. The highest BCUT2D eigenvalue weighted by molar-refractivity contribution is 6.42. The van der Waals surface area contributed by atoms with Gasteiger partial charge in [0.05, 0.1) is 21.5 Å². The molecule has 3 aromatic rings. The minimum absolute atomic E-state index is 0.109. The molecule has 3 heterocycles. The van der Waals surface area contributed by atoms with E-state index in [1.165, 1.54) is 11.6 Å². The van der Waals surface area contributed by atoms with Crippen LogP contribution >= 0.6 is 23.2 Å². The lowest BCUT2D eigenvalue weighted by Gasteiger charge is -2.30. The summed E-state index contributed by atoms with van der Waals surface area (Å²) in [5, 5.41) is 5.99. The van der Waals surface area contributed by atoms with Crippen molar-refractivity contribution in [3.8, 4) is 0 Å². The largest absolute Gasteiger partial charge is 0.338 e. The van der Waals surface area contributed by atoms with E-state index >= 15 is 0 Å². The van der Waals surface area contributed by atoms with Crippen LogP contribution in [0.4, 0.5) is 17.5 Å². The van der Waals surface area contributed by atoms with Gasteiger partial charge >= 0.3 is 0 Å². The van der Waals surface area contributed by atoms with E-state index in [9.17, 15) is 14.4 Å². The minimum atomic E-state index is -0.990. The second-order valence-electron chi connectivity index (χ2n) is 8.02. The van der Waals surface area contributed by atoms with Crippen LogP contribution in [-0.2, 0) is 22.6 Å². The van der Waals surface area contributed by atoms with Gasteiger partial charge in [-0.15, -0.1) is 0 Å². The lowest BCUT2D eigenvalue weighted by Crippen LogP contribution is -2.38. The molecule has 5 rings (SSSR count). The number of H-pyrrole nitrogens is 1. The normalized spacial score (nSPS) is 17.1. The fourth-order valence-electron chi connectivity index (χ4n) is 4.21. The molecule has 1 atom stereocenters. The van der Waals surface area contributed by atoms with E-state index in [-0.39, 0.29) is 28.7 Å². The van der Waals surface area contributed by atoms with Crippen molar-refractivity contribution in [2.24, 2.45) is 0 Å². The first-order valence-corrected chi connectivity index (χ1v) is 11.2. The van der Waals surface area contributed by atoms with Crippen LogP contribution < -0.4 is 21.1 Å². The number of carbonyl (C=O) groups is 2. The molecular weight excluding hydrogens is 465 g/mol. The SMILES string of the molecule is O=C1C[C@@H](C(=O)Nc2ccc(Cl)c(Cl)c2)c2c(nc(N3CCc4ccccc4C3)[nH]c2=O)N1. The molecule has 0 unspecified atom stereocenters. The van der Waals surface area contributed by atoms with E-state index in [4.69, 9.17) is 23.2 Å². The Balaban J connectivity index is 1.44. The molecule has 2 aromatic carbocycles. The summed E-state index contributed by atoms with van der Waals surface area (Å²) in [6.07, 6.45) is 0.652. The van der Waals surface area contributed by atoms with Crippen LogP contribution in [0.1, 0.15) is 29.0 Å². The van der Waals surface area contributed by atoms with Gasteiger partial charge in [-0.3, -0.25) is 19.4 Å². The monoisotopic (exact) mass is 483 g/mol. The van der Waals surface area contributed by atoms with E-state index in [1.807, 2.05) is 23.1 Å². The van der Waals surface area contributed by atoms with Gasteiger partial charge in [-0.2, -0.15) is 4.98 Å². The average molecular weight is 484 g/mol. The molecule has 0 aliphatic carbocycles. The van der Waals surface area contributed by atoms with Gasteiger partial charge in [-0.25, -0.2) is 0 Å². The number of aromatic nitrogens is 2. The Morgan fingerprint density at radius 2 is 1.88 bits per heavy atom. The smallest absolute Gasteiger partial charge is 0.258 e. The number of hydrogen-bond donors (Lipinski definition) is 3. The van der Waals surface area contributed by atoms with Gasteiger partial charge in [-0.1, -0.05) is 47.5 Å². The van der Waals surface area contributed by atoms with E-state index in [0.717, 1.165) is 12.0 Å². The fourth-order valence-corrected chi connectivity index (χ4v) is 4.51. The van der Waals surface area contributed by atoms with Gasteiger partial charge in [0, 0.05) is 25.2 Å². The second kappa shape index (κ2) is 8.53. The van der Waals surface area contributed by atoms with E-state index in [0.29, 0.717) is 29.7 Å². The van der Waals surface area contributed by atoms with Crippen LogP contribution in [0, 0.1) is 0 Å². The lowest BCUT2D eigenvalue weighted by molar-refractivity contribution is -0.123. The minimum Gasteiger partial charge on any atom is -0.338 e. The van der Waals surface area contributed by atoms with Crippen molar-refractivity contribution in [1.29, 1.82) is 0 Å². The molecule has 0 saturated heterocycles. The molecular formula is C23H19Cl2N5O3. The predicted molar refractivity (Wildman–Crippen MR) is 127 cm³/mol. The number of nitrogens with one attached hydrogen (secondary N) is 3. The number of hydrogen-bond acceptors (Lipinski definition) is 5.